The number of carbonyl (C=O) groups excluding carboxylic acids is 1. The van der Waals surface area contributed by atoms with Crippen LogP contribution < -0.4 is 16.1 Å². The van der Waals surface area contributed by atoms with Crippen LogP contribution in [0.4, 0.5) is 10.1 Å². The highest BCUT2D eigenvalue weighted by Crippen LogP contribution is 2.22. The molecule has 6 nitrogen and oxygen atoms in total. The number of nitrogens with one attached hydrogen (secondary N) is 3. The van der Waals surface area contributed by atoms with Gasteiger partial charge in [0.15, 0.2) is 5.11 Å². The smallest absolute Gasteiger partial charge is 0.224 e. The molecular weight excluding hydrogens is 379 g/mol. The van der Waals surface area contributed by atoms with Crippen molar-refractivity contribution in [2.75, 3.05) is 5.32 Å². The number of hydrogen-bond donors (Lipinski definition) is 4. The first-order valence-corrected chi connectivity index (χ1v) is 9.25. The number of carbonyl (C=O) groups is 1. The Morgan fingerprint density at radius 2 is 1.93 bits per heavy atom. The SMILES string of the molecule is CCCC(=O)Nc1ccc(O)c(/C(C)=N/NC(=S)NCc2ccc(F)cc2)c1. The van der Waals surface area contributed by atoms with Gasteiger partial charge in [-0.2, -0.15) is 5.10 Å². The van der Waals surface area contributed by atoms with Crippen LogP contribution in [-0.2, 0) is 11.3 Å². The average Bonchev–Trinajstić information content (AvgIpc) is 2.67. The van der Waals surface area contributed by atoms with E-state index in [-0.39, 0.29) is 22.6 Å². The van der Waals surface area contributed by atoms with Crippen LogP contribution in [-0.4, -0.2) is 21.8 Å². The van der Waals surface area contributed by atoms with Crippen LogP contribution in [0.1, 0.15) is 37.8 Å². The van der Waals surface area contributed by atoms with E-state index in [1.807, 2.05) is 6.92 Å². The lowest BCUT2D eigenvalue weighted by Crippen LogP contribution is -2.32. The molecule has 8 heteroatoms. The van der Waals surface area contributed by atoms with Gasteiger partial charge in [-0.3, -0.25) is 10.2 Å². The number of anilines is 1. The molecule has 0 saturated heterocycles. The topological polar surface area (TPSA) is 85.8 Å². The molecule has 0 heterocycles. The third-order valence-corrected chi connectivity index (χ3v) is 4.07. The maximum Gasteiger partial charge on any atom is 0.224 e. The molecule has 0 spiro atoms. The quantitative estimate of drug-likeness (QED) is 0.246. The molecule has 0 fully saturated rings. The summed E-state index contributed by atoms with van der Waals surface area (Å²) >= 11 is 5.17. The first-order valence-electron chi connectivity index (χ1n) is 8.85. The number of aromatic hydroxyl groups is 1. The molecule has 4 N–H and O–H groups in total. The molecule has 0 aliphatic rings. The van der Waals surface area contributed by atoms with E-state index in [1.54, 1.807) is 31.2 Å². The van der Waals surface area contributed by atoms with Gasteiger partial charge in [0.2, 0.25) is 5.91 Å². The van der Waals surface area contributed by atoms with E-state index in [2.05, 4.69) is 21.2 Å². The largest absolute Gasteiger partial charge is 0.507 e. The first-order chi connectivity index (χ1) is 13.4. The number of amides is 1. The number of thiocarbonyl (C=S) groups is 1. The van der Waals surface area contributed by atoms with E-state index in [9.17, 15) is 14.3 Å². The molecule has 2 rings (SSSR count). The Morgan fingerprint density at radius 3 is 2.61 bits per heavy atom. The Morgan fingerprint density at radius 1 is 1.21 bits per heavy atom. The minimum Gasteiger partial charge on any atom is -0.507 e. The van der Waals surface area contributed by atoms with Crippen LogP contribution in [0, 0.1) is 5.82 Å². The van der Waals surface area contributed by atoms with E-state index in [0.29, 0.717) is 29.9 Å². The fourth-order valence-electron chi connectivity index (χ4n) is 2.37. The number of hydrogen-bond acceptors (Lipinski definition) is 4. The number of hydrazone groups is 1. The highest BCUT2D eigenvalue weighted by molar-refractivity contribution is 7.80. The van der Waals surface area contributed by atoms with Gasteiger partial charge in [-0.1, -0.05) is 19.1 Å². The predicted molar refractivity (Wildman–Crippen MR) is 113 cm³/mol. The van der Waals surface area contributed by atoms with Crippen molar-refractivity contribution in [2.24, 2.45) is 5.10 Å². The summed E-state index contributed by atoms with van der Waals surface area (Å²) in [5, 5.41) is 20.3. The van der Waals surface area contributed by atoms with Crippen LogP contribution in [0.3, 0.4) is 0 Å². The zero-order valence-electron chi connectivity index (χ0n) is 15.8. The van der Waals surface area contributed by atoms with Gasteiger partial charge in [-0.15, -0.1) is 0 Å². The van der Waals surface area contributed by atoms with Crippen LogP contribution in [0.25, 0.3) is 0 Å². The zero-order valence-corrected chi connectivity index (χ0v) is 16.6. The Bertz CT molecular complexity index is 869. The monoisotopic (exact) mass is 402 g/mol. The molecule has 148 valence electrons. The molecule has 2 aromatic rings. The molecule has 0 saturated carbocycles. The Labute approximate surface area is 168 Å². The molecular formula is C20H23FN4O2S. The van der Waals surface area contributed by atoms with Gasteiger partial charge in [0, 0.05) is 24.2 Å². The second-order valence-corrected chi connectivity index (χ2v) is 6.56. The molecule has 0 unspecified atom stereocenters. The molecule has 0 aliphatic carbocycles. The zero-order chi connectivity index (χ0) is 20.5. The van der Waals surface area contributed by atoms with Gasteiger partial charge >= 0.3 is 0 Å². The van der Waals surface area contributed by atoms with E-state index in [4.69, 9.17) is 12.2 Å². The van der Waals surface area contributed by atoms with Crippen molar-refractivity contribution in [3.8, 4) is 5.75 Å². The highest BCUT2D eigenvalue weighted by atomic mass is 32.1. The normalized spacial score (nSPS) is 11.0. The molecule has 2 aromatic carbocycles. The van der Waals surface area contributed by atoms with Gasteiger partial charge < -0.3 is 15.7 Å². The van der Waals surface area contributed by atoms with E-state index in [1.165, 1.54) is 18.2 Å². The van der Waals surface area contributed by atoms with E-state index < -0.39 is 0 Å². The number of benzene rings is 2. The lowest BCUT2D eigenvalue weighted by Gasteiger charge is -2.11. The lowest BCUT2D eigenvalue weighted by atomic mass is 10.1. The molecule has 0 aromatic heterocycles. The summed E-state index contributed by atoms with van der Waals surface area (Å²) in [4.78, 5) is 11.7. The molecule has 1 amide bonds. The summed E-state index contributed by atoms with van der Waals surface area (Å²) in [7, 11) is 0. The van der Waals surface area contributed by atoms with Gasteiger partial charge in [0.05, 0.1) is 5.71 Å². The number of halogens is 1. The van der Waals surface area contributed by atoms with Crippen LogP contribution in [0.15, 0.2) is 47.6 Å². The van der Waals surface area contributed by atoms with Gasteiger partial charge in [0.1, 0.15) is 11.6 Å². The van der Waals surface area contributed by atoms with Crippen molar-refractivity contribution in [2.45, 2.75) is 33.2 Å². The van der Waals surface area contributed by atoms with E-state index >= 15 is 0 Å². The van der Waals surface area contributed by atoms with Crippen molar-refractivity contribution in [3.63, 3.8) is 0 Å². The van der Waals surface area contributed by atoms with Gasteiger partial charge in [-0.05, 0) is 61.5 Å². The average molecular weight is 402 g/mol. The van der Waals surface area contributed by atoms with Crippen molar-refractivity contribution < 1.29 is 14.3 Å². The maximum absolute atomic E-state index is 12.9. The molecule has 0 bridgehead atoms. The van der Waals surface area contributed by atoms with Crippen molar-refractivity contribution in [1.29, 1.82) is 0 Å². The minimum atomic E-state index is -0.294. The molecule has 28 heavy (non-hydrogen) atoms. The fraction of sp³-hybridized carbons (Fsp3) is 0.250. The molecule has 0 atom stereocenters. The van der Waals surface area contributed by atoms with Crippen molar-refractivity contribution in [1.82, 2.24) is 10.7 Å². The summed E-state index contributed by atoms with van der Waals surface area (Å²) in [6, 6.07) is 10.9. The minimum absolute atomic E-state index is 0.0433. The van der Waals surface area contributed by atoms with Crippen LogP contribution >= 0.6 is 12.2 Å². The second kappa shape index (κ2) is 10.4. The van der Waals surface area contributed by atoms with Crippen molar-refractivity contribution in [3.05, 3.63) is 59.4 Å². The molecule has 0 aliphatic heterocycles. The number of nitrogens with zero attached hydrogens (tertiary/aromatic N) is 1. The number of phenolic OH excluding ortho intramolecular Hbond substituents is 1. The Balaban J connectivity index is 1.96. The summed E-state index contributed by atoms with van der Waals surface area (Å²) in [6.07, 6.45) is 1.18. The van der Waals surface area contributed by atoms with Gasteiger partial charge in [0.25, 0.3) is 0 Å². The first kappa shape index (κ1) is 21.3. The second-order valence-electron chi connectivity index (χ2n) is 6.15. The summed E-state index contributed by atoms with van der Waals surface area (Å²) < 4.78 is 12.9. The third kappa shape index (κ3) is 6.62. The van der Waals surface area contributed by atoms with E-state index in [0.717, 1.165) is 12.0 Å². The number of phenols is 1. The summed E-state index contributed by atoms with van der Waals surface area (Å²) in [5.74, 6) is -0.336. The molecule has 0 radical (unpaired) electrons. The predicted octanol–water partition coefficient (Wildman–Crippen LogP) is 3.66. The Hall–Kier alpha value is -3.00. The fourth-order valence-corrected chi connectivity index (χ4v) is 2.49. The number of rotatable bonds is 7. The van der Waals surface area contributed by atoms with Crippen molar-refractivity contribution >= 4 is 34.6 Å². The summed E-state index contributed by atoms with van der Waals surface area (Å²) in [5.41, 5.74) is 5.13. The highest BCUT2D eigenvalue weighted by Gasteiger charge is 2.09. The maximum atomic E-state index is 12.9. The Kier molecular flexibility index (Phi) is 7.88. The summed E-state index contributed by atoms with van der Waals surface area (Å²) in [6.45, 7) is 4.06. The van der Waals surface area contributed by atoms with Crippen LogP contribution in [0.2, 0.25) is 0 Å². The third-order valence-electron chi connectivity index (χ3n) is 3.84. The van der Waals surface area contributed by atoms with Gasteiger partial charge in [-0.25, -0.2) is 4.39 Å². The standard InChI is InChI=1S/C20H23FN4O2S/c1-3-4-19(27)23-16-9-10-18(26)17(11-16)13(2)24-25-20(28)22-12-14-5-7-15(21)8-6-14/h5-11,26H,3-4,12H2,1-2H3,(H,23,27)(H2,22,25,28)/b24-13+. The van der Waals surface area contributed by atoms with Crippen LogP contribution in [0.5, 0.6) is 5.75 Å². The lowest BCUT2D eigenvalue weighted by molar-refractivity contribution is -0.116.